The Hall–Kier alpha value is -3.67. The fraction of sp³-hybridized carbons (Fsp3) is 0.472. The van der Waals surface area contributed by atoms with E-state index in [2.05, 4.69) is 83.8 Å². The quantitative estimate of drug-likeness (QED) is 0.219. The highest BCUT2D eigenvalue weighted by atomic mass is 16.5. The van der Waals surface area contributed by atoms with Crippen LogP contribution in [0.1, 0.15) is 107 Å². The maximum atomic E-state index is 9.18. The van der Waals surface area contributed by atoms with Gasteiger partial charge in [0.15, 0.2) is 0 Å². The molecule has 224 valence electrons. The van der Waals surface area contributed by atoms with Gasteiger partial charge in [-0.1, -0.05) is 71.9 Å². The van der Waals surface area contributed by atoms with Crippen LogP contribution in [0.4, 0.5) is 0 Å². The first-order chi connectivity index (χ1) is 20.4. The number of carbonyl (C=O) groups is 1. The molecule has 0 saturated heterocycles. The molecular formula is C36H47N3O3. The van der Waals surface area contributed by atoms with Crippen LogP contribution < -0.4 is 4.74 Å². The van der Waals surface area contributed by atoms with Gasteiger partial charge in [0, 0.05) is 25.2 Å². The molecule has 6 nitrogen and oxygen atoms in total. The molecule has 0 radical (unpaired) electrons. The molecule has 0 bridgehead atoms. The van der Waals surface area contributed by atoms with Crippen molar-refractivity contribution < 1.29 is 14.3 Å². The predicted octanol–water partition coefficient (Wildman–Crippen LogP) is 8.25. The number of aromatic nitrogens is 3. The minimum atomic E-state index is 0.138. The molecule has 0 aliphatic heterocycles. The molecule has 3 aliphatic rings. The number of imidazole rings is 1. The van der Waals surface area contributed by atoms with Crippen molar-refractivity contribution in [2.45, 2.75) is 91.6 Å². The lowest BCUT2D eigenvalue weighted by atomic mass is 9.85. The molecule has 3 unspecified atom stereocenters. The number of benzene rings is 2. The van der Waals surface area contributed by atoms with Crippen molar-refractivity contribution in [2.24, 2.45) is 13.0 Å². The third-order valence-corrected chi connectivity index (χ3v) is 8.52. The van der Waals surface area contributed by atoms with Gasteiger partial charge in [0.05, 0.1) is 24.0 Å². The van der Waals surface area contributed by atoms with Gasteiger partial charge in [-0.15, -0.1) is 0 Å². The van der Waals surface area contributed by atoms with Crippen molar-refractivity contribution in [2.75, 3.05) is 6.61 Å². The van der Waals surface area contributed by atoms with Gasteiger partial charge >= 0.3 is 0 Å². The molecule has 3 atom stereocenters. The number of aryl methyl sites for hydroxylation is 1. The third-order valence-electron chi connectivity index (χ3n) is 8.52. The number of pyridine rings is 1. The molecule has 42 heavy (non-hydrogen) atoms. The van der Waals surface area contributed by atoms with Gasteiger partial charge in [-0.3, -0.25) is 4.79 Å². The van der Waals surface area contributed by atoms with Crippen LogP contribution in [0, 0.1) is 5.92 Å². The number of para-hydroxylation sites is 1. The molecule has 4 aromatic rings. The van der Waals surface area contributed by atoms with Gasteiger partial charge in [-0.2, -0.15) is 0 Å². The molecule has 6 heteroatoms. The molecule has 7 rings (SSSR count). The van der Waals surface area contributed by atoms with Crippen LogP contribution in [-0.4, -0.2) is 27.6 Å². The first kappa shape index (κ1) is 31.3. The van der Waals surface area contributed by atoms with Crippen molar-refractivity contribution in [1.82, 2.24) is 14.5 Å². The van der Waals surface area contributed by atoms with Crippen molar-refractivity contribution in [3.05, 3.63) is 88.4 Å². The second-order valence-electron chi connectivity index (χ2n) is 11.5. The van der Waals surface area contributed by atoms with E-state index in [9.17, 15) is 4.79 Å². The molecular weight excluding hydrogens is 522 g/mol. The lowest BCUT2D eigenvalue weighted by molar-refractivity contribution is -0.128. The van der Waals surface area contributed by atoms with Crippen LogP contribution >= 0.6 is 0 Å². The smallest absolute Gasteiger partial charge is 0.293 e. The van der Waals surface area contributed by atoms with Gasteiger partial charge in [0.1, 0.15) is 6.61 Å². The van der Waals surface area contributed by atoms with Crippen LogP contribution in [0.3, 0.4) is 0 Å². The fourth-order valence-corrected chi connectivity index (χ4v) is 6.51. The first-order valence-electron chi connectivity index (χ1n) is 15.6. The van der Waals surface area contributed by atoms with Crippen molar-refractivity contribution in [3.63, 3.8) is 0 Å². The van der Waals surface area contributed by atoms with Crippen molar-refractivity contribution in [1.29, 1.82) is 0 Å². The van der Waals surface area contributed by atoms with E-state index in [0.717, 1.165) is 29.7 Å². The molecule has 2 aromatic heterocycles. The van der Waals surface area contributed by atoms with E-state index in [1.807, 2.05) is 34.0 Å². The average molecular weight is 570 g/mol. The van der Waals surface area contributed by atoms with Gasteiger partial charge in [0.25, 0.3) is 6.47 Å². The van der Waals surface area contributed by atoms with Gasteiger partial charge < -0.3 is 14.0 Å². The zero-order valence-electron chi connectivity index (χ0n) is 26.6. The number of fused-ring (bicyclic) bond motifs is 5. The van der Waals surface area contributed by atoms with Crippen LogP contribution in [-0.2, 0) is 35.0 Å². The zero-order valence-corrected chi connectivity index (χ0v) is 26.6. The highest BCUT2D eigenvalue weighted by molar-refractivity contribution is 5.80. The number of carbonyl (C=O) groups excluding carboxylic acids is 1. The van der Waals surface area contributed by atoms with Gasteiger partial charge in [-0.25, -0.2) is 9.97 Å². The number of hydrogen-bond donors (Lipinski definition) is 0. The SMILES string of the molecule is CC.CC.CCOC=O.Cn1cnc2c(C3CC(C)(C)c4ccc(COc5cc6c(cn5)C5CC5C6)cc43)cccc21. The maximum absolute atomic E-state index is 9.18. The van der Waals surface area contributed by atoms with Gasteiger partial charge in [-0.05, 0) is 82.9 Å². The molecule has 1 fully saturated rings. The predicted molar refractivity (Wildman–Crippen MR) is 170 cm³/mol. The number of hydrogen-bond acceptors (Lipinski definition) is 5. The minimum Gasteiger partial charge on any atom is -0.473 e. The first-order valence-corrected chi connectivity index (χ1v) is 15.6. The summed E-state index contributed by atoms with van der Waals surface area (Å²) >= 11 is 0. The Labute approximate surface area is 251 Å². The molecule has 2 aromatic carbocycles. The summed E-state index contributed by atoms with van der Waals surface area (Å²) in [7, 11) is 2.07. The summed E-state index contributed by atoms with van der Waals surface area (Å²) in [5, 5.41) is 0. The summed E-state index contributed by atoms with van der Waals surface area (Å²) in [5.41, 5.74) is 10.7. The normalized spacial score (nSPS) is 19.9. The summed E-state index contributed by atoms with van der Waals surface area (Å²) in [5.74, 6) is 2.75. The fourth-order valence-electron chi connectivity index (χ4n) is 6.51. The van der Waals surface area contributed by atoms with Crippen LogP contribution in [0.2, 0.25) is 0 Å². The molecule has 0 spiro atoms. The second-order valence-corrected chi connectivity index (χ2v) is 11.5. The Kier molecular flexibility index (Phi) is 10.1. The van der Waals surface area contributed by atoms with E-state index in [1.54, 1.807) is 6.92 Å². The number of rotatable bonds is 6. The van der Waals surface area contributed by atoms with Crippen molar-refractivity contribution in [3.8, 4) is 5.88 Å². The topological polar surface area (TPSA) is 66.2 Å². The Bertz CT molecular complexity index is 1510. The standard InChI is InChI=1S/C29H29N3O.C3H6O2.2C2H6/c1-29(2)13-23(20-5-4-6-26-28(20)31-16-32(26)3)22-9-17(7-8-25(22)29)15-33-27-12-19-10-18-11-21(18)24(19)14-30-27;1-2-5-3-4;2*1-2/h4-9,12,14,16,18,21,23H,10-11,13,15H2,1-3H3;3H,2H2,1H3;2*1-2H3. The van der Waals surface area contributed by atoms with Gasteiger partial charge in [0.2, 0.25) is 5.88 Å². The lowest BCUT2D eigenvalue weighted by Crippen LogP contribution is -2.12. The second kappa shape index (κ2) is 13.5. The Morgan fingerprint density at radius 1 is 1.02 bits per heavy atom. The van der Waals surface area contributed by atoms with E-state index >= 15 is 0 Å². The summed E-state index contributed by atoms with van der Waals surface area (Å²) in [6, 6.07) is 15.7. The van der Waals surface area contributed by atoms with Crippen molar-refractivity contribution >= 4 is 17.5 Å². The summed E-state index contributed by atoms with van der Waals surface area (Å²) in [6.07, 6.45) is 7.63. The molecule has 0 amide bonds. The average Bonchev–Trinajstić information content (AvgIpc) is 3.40. The molecule has 1 saturated carbocycles. The zero-order chi connectivity index (χ0) is 30.4. The lowest BCUT2D eigenvalue weighted by Gasteiger charge is -2.19. The largest absolute Gasteiger partial charge is 0.473 e. The molecule has 0 N–H and O–H groups in total. The van der Waals surface area contributed by atoms with Crippen LogP contribution in [0.25, 0.3) is 11.0 Å². The van der Waals surface area contributed by atoms with E-state index in [0.29, 0.717) is 25.6 Å². The van der Waals surface area contributed by atoms with E-state index < -0.39 is 0 Å². The highest BCUT2D eigenvalue weighted by Crippen LogP contribution is 2.56. The maximum Gasteiger partial charge on any atom is 0.293 e. The number of ether oxygens (including phenoxy) is 2. The summed E-state index contributed by atoms with van der Waals surface area (Å²) < 4.78 is 12.4. The Morgan fingerprint density at radius 3 is 2.52 bits per heavy atom. The monoisotopic (exact) mass is 569 g/mol. The summed E-state index contributed by atoms with van der Waals surface area (Å²) in [6.45, 7) is 15.9. The third kappa shape index (κ3) is 6.23. The Balaban J connectivity index is 0.000000404. The highest BCUT2D eigenvalue weighted by Gasteiger charge is 2.45. The molecule has 2 heterocycles. The van der Waals surface area contributed by atoms with Crippen LogP contribution in [0.5, 0.6) is 5.88 Å². The number of nitrogens with zero attached hydrogens (tertiary/aromatic N) is 3. The van der Waals surface area contributed by atoms with E-state index in [1.165, 1.54) is 51.7 Å². The van der Waals surface area contributed by atoms with Crippen LogP contribution in [0.15, 0.2) is 55.0 Å². The van der Waals surface area contributed by atoms with E-state index in [4.69, 9.17) is 9.72 Å². The summed E-state index contributed by atoms with van der Waals surface area (Å²) in [4.78, 5) is 18.5. The van der Waals surface area contributed by atoms with E-state index in [-0.39, 0.29) is 5.41 Å². The minimum absolute atomic E-state index is 0.138. The Morgan fingerprint density at radius 2 is 1.81 bits per heavy atom. The molecule has 3 aliphatic carbocycles.